The minimum atomic E-state index is -3.12. The first kappa shape index (κ1) is 34.2. The van der Waals surface area contributed by atoms with E-state index in [4.69, 9.17) is 9.47 Å². The second-order valence-corrected chi connectivity index (χ2v) is 13.8. The number of alkyl carbamates (subject to hydrolysis) is 1. The van der Waals surface area contributed by atoms with E-state index in [1.807, 2.05) is 25.1 Å². The van der Waals surface area contributed by atoms with Crippen molar-refractivity contribution in [2.24, 2.45) is 5.92 Å². The van der Waals surface area contributed by atoms with Gasteiger partial charge >= 0.3 is 12.1 Å². The van der Waals surface area contributed by atoms with Crippen LogP contribution in [0.1, 0.15) is 84.8 Å². The summed E-state index contributed by atoms with van der Waals surface area (Å²) in [6.07, 6.45) is -1.37. The van der Waals surface area contributed by atoms with Crippen molar-refractivity contribution in [2.45, 2.75) is 121 Å². The predicted octanol–water partition coefficient (Wildman–Crippen LogP) is 4.38. The van der Waals surface area contributed by atoms with Gasteiger partial charge in [-0.15, -0.1) is 0 Å². The molecule has 0 radical (unpaired) electrons. The van der Waals surface area contributed by atoms with Gasteiger partial charge in [0.25, 0.3) is 0 Å². The van der Waals surface area contributed by atoms with Crippen molar-refractivity contribution >= 4 is 34.9 Å². The maximum Gasteiger partial charge on any atom is 0.408 e. The van der Waals surface area contributed by atoms with Crippen LogP contribution in [0.2, 0.25) is 0 Å². The molecule has 1 aromatic carbocycles. The predicted molar refractivity (Wildman–Crippen MR) is 166 cm³/mol. The molecule has 1 saturated carbocycles. The number of carbonyl (C=O) groups excluding carboxylic acids is 3. The quantitative estimate of drug-likeness (QED) is 0.423. The summed E-state index contributed by atoms with van der Waals surface area (Å²) in [5.41, 5.74) is -0.841. The number of carboxylic acids is 1. The lowest BCUT2D eigenvalue weighted by Gasteiger charge is -2.30. The van der Waals surface area contributed by atoms with Crippen LogP contribution < -0.4 is 15.4 Å². The third kappa shape index (κ3) is 7.90. The fourth-order valence-electron chi connectivity index (χ4n) is 6.50. The monoisotopic (exact) mass is 659 g/mol. The number of aliphatic carboxylic acids is 1. The van der Waals surface area contributed by atoms with E-state index in [0.717, 1.165) is 0 Å². The maximum atomic E-state index is 14.9. The Morgan fingerprint density at radius 1 is 1.11 bits per heavy atom. The molecule has 3 N–H and O–H groups in total. The van der Waals surface area contributed by atoms with Crippen molar-refractivity contribution in [3.05, 3.63) is 30.0 Å². The Balaban J connectivity index is 1.46. The summed E-state index contributed by atoms with van der Waals surface area (Å²) in [5, 5.41) is 15.2. The van der Waals surface area contributed by atoms with Gasteiger partial charge in [-0.2, -0.15) is 0 Å². The van der Waals surface area contributed by atoms with Gasteiger partial charge in [-0.25, -0.2) is 28.3 Å². The zero-order chi connectivity index (χ0) is 34.1. The van der Waals surface area contributed by atoms with E-state index in [1.165, 1.54) is 4.90 Å². The van der Waals surface area contributed by atoms with Gasteiger partial charge in [-0.3, -0.25) is 9.59 Å². The number of nitrogens with one attached hydrogen (secondary N) is 2. The molecular weight excluding hydrogens is 616 g/mol. The van der Waals surface area contributed by atoms with E-state index in [-0.39, 0.29) is 38.1 Å². The summed E-state index contributed by atoms with van der Waals surface area (Å²) < 4.78 is 41.5. The van der Waals surface area contributed by atoms with E-state index in [0.29, 0.717) is 36.0 Å². The molecule has 3 fully saturated rings. The normalized spacial score (nSPS) is 28.3. The second-order valence-electron chi connectivity index (χ2n) is 13.8. The number of amides is 3. The van der Waals surface area contributed by atoms with Gasteiger partial charge in [0.1, 0.15) is 35.0 Å². The minimum Gasteiger partial charge on any atom is -0.479 e. The number of hydrogen-bond acceptors (Lipinski definition) is 8. The average Bonchev–Trinajstić information content (AvgIpc) is 3.48. The summed E-state index contributed by atoms with van der Waals surface area (Å²) in [7, 11) is 0. The van der Waals surface area contributed by atoms with Gasteiger partial charge in [0.05, 0.1) is 17.6 Å². The van der Waals surface area contributed by atoms with Crippen molar-refractivity contribution in [1.29, 1.82) is 0 Å². The molecule has 256 valence electrons. The zero-order valence-corrected chi connectivity index (χ0v) is 27.2. The third-order valence-electron chi connectivity index (χ3n) is 8.97. The Bertz CT molecular complexity index is 1530. The van der Waals surface area contributed by atoms with Gasteiger partial charge in [0, 0.05) is 25.2 Å². The summed E-state index contributed by atoms with van der Waals surface area (Å²) in [6, 6.07) is 4.96. The molecule has 47 heavy (non-hydrogen) atoms. The first-order valence-electron chi connectivity index (χ1n) is 16.3. The molecule has 3 heterocycles. The topological polar surface area (TPSA) is 160 Å². The highest BCUT2D eigenvalue weighted by Gasteiger charge is 2.64. The van der Waals surface area contributed by atoms with Crippen LogP contribution >= 0.6 is 0 Å². The van der Waals surface area contributed by atoms with Crippen molar-refractivity contribution in [3.8, 4) is 5.88 Å². The largest absolute Gasteiger partial charge is 0.479 e. The molecule has 5 rings (SSSR count). The second kappa shape index (κ2) is 13.2. The summed E-state index contributed by atoms with van der Waals surface area (Å²) >= 11 is 0. The lowest BCUT2D eigenvalue weighted by atomic mass is 10.0. The van der Waals surface area contributed by atoms with Crippen LogP contribution in [-0.4, -0.2) is 85.6 Å². The Kier molecular flexibility index (Phi) is 9.61. The number of fused-ring (bicyclic) bond motifs is 3. The highest BCUT2D eigenvalue weighted by molar-refractivity contribution is 5.96. The lowest BCUT2D eigenvalue weighted by molar-refractivity contribution is -0.146. The first-order chi connectivity index (χ1) is 22.1. The highest BCUT2D eigenvalue weighted by Crippen LogP contribution is 2.50. The molecule has 12 nitrogen and oxygen atoms in total. The Labute approximate surface area is 272 Å². The van der Waals surface area contributed by atoms with Crippen molar-refractivity contribution in [3.63, 3.8) is 0 Å². The van der Waals surface area contributed by atoms with Crippen LogP contribution in [0.3, 0.4) is 0 Å². The summed E-state index contributed by atoms with van der Waals surface area (Å²) in [5.74, 6) is -6.59. The highest BCUT2D eigenvalue weighted by atomic mass is 19.3. The van der Waals surface area contributed by atoms with E-state index >= 15 is 0 Å². The maximum absolute atomic E-state index is 14.9. The Morgan fingerprint density at radius 3 is 2.47 bits per heavy atom. The molecule has 1 aromatic heterocycles. The molecule has 0 spiro atoms. The molecule has 3 amide bonds. The fourth-order valence-corrected chi connectivity index (χ4v) is 6.50. The third-order valence-corrected chi connectivity index (χ3v) is 8.97. The molecule has 5 atom stereocenters. The average molecular weight is 660 g/mol. The first-order valence-corrected chi connectivity index (χ1v) is 16.3. The molecule has 5 unspecified atom stereocenters. The van der Waals surface area contributed by atoms with Crippen molar-refractivity contribution < 1.29 is 42.5 Å². The number of carboxylic acid groups (broad SMARTS) is 1. The SMILES string of the molecule is CCc1nc2ccccc2nc1OC1CC2C(=O)NC3(C(=O)O)CC3CC(F)(F)CCCCCC(NC(=O)OC(C)(C)C)C(=O)N2C1. The van der Waals surface area contributed by atoms with Crippen LogP contribution in [-0.2, 0) is 25.5 Å². The minimum absolute atomic E-state index is 0.0229. The zero-order valence-electron chi connectivity index (χ0n) is 27.2. The number of carbonyl (C=O) groups is 4. The number of halogens is 2. The molecule has 2 saturated heterocycles. The number of ether oxygens (including phenoxy) is 2. The van der Waals surface area contributed by atoms with Gasteiger partial charge in [-0.1, -0.05) is 31.9 Å². The van der Waals surface area contributed by atoms with Crippen LogP contribution in [0, 0.1) is 5.92 Å². The fraction of sp³-hybridized carbons (Fsp3) is 0.636. The number of rotatable bonds is 5. The van der Waals surface area contributed by atoms with Crippen LogP contribution in [0.25, 0.3) is 11.0 Å². The molecule has 2 aliphatic heterocycles. The van der Waals surface area contributed by atoms with Crippen LogP contribution in [0.4, 0.5) is 13.6 Å². The molecule has 1 aliphatic carbocycles. The van der Waals surface area contributed by atoms with E-state index < -0.39 is 77.9 Å². The molecule has 14 heteroatoms. The van der Waals surface area contributed by atoms with Crippen molar-refractivity contribution in [2.75, 3.05) is 6.54 Å². The summed E-state index contributed by atoms with van der Waals surface area (Å²) in [4.78, 5) is 63.7. The lowest BCUT2D eigenvalue weighted by Crippen LogP contribution is -2.56. The van der Waals surface area contributed by atoms with Gasteiger partial charge in [0.15, 0.2) is 0 Å². The molecule has 3 aliphatic rings. The van der Waals surface area contributed by atoms with E-state index in [2.05, 4.69) is 20.6 Å². The number of hydrogen-bond donors (Lipinski definition) is 3. The van der Waals surface area contributed by atoms with Gasteiger partial charge < -0.3 is 30.1 Å². The number of nitrogens with zero attached hydrogens (tertiary/aromatic N) is 3. The number of para-hydroxylation sites is 2. The van der Waals surface area contributed by atoms with Crippen molar-refractivity contribution in [1.82, 2.24) is 25.5 Å². The van der Waals surface area contributed by atoms with E-state index in [9.17, 15) is 33.1 Å². The smallest absolute Gasteiger partial charge is 0.408 e. The number of benzene rings is 1. The van der Waals surface area contributed by atoms with Crippen LogP contribution in [0.5, 0.6) is 5.88 Å². The molecule has 0 bridgehead atoms. The standard InChI is InChI=1S/C33H43F2N5O7/c1-5-21-27(37-23-12-9-8-11-22(23)36-21)46-20-15-25-26(41)39-33(29(43)44)17-19(33)16-32(34,35)14-10-6-7-13-24(28(42)40(25)18-20)38-30(45)47-31(2,3)4/h8-9,11-12,19-20,24-25H,5-7,10,13-18H2,1-4H3,(H,38,45)(H,39,41)(H,43,44). The number of alkyl halides is 2. The number of aryl methyl sites for hydroxylation is 1. The Hall–Kier alpha value is -4.10. The van der Waals surface area contributed by atoms with Crippen LogP contribution in [0.15, 0.2) is 24.3 Å². The Morgan fingerprint density at radius 2 is 1.81 bits per heavy atom. The van der Waals surface area contributed by atoms with Gasteiger partial charge in [-0.05, 0) is 58.6 Å². The molecular formula is C33H43F2N5O7. The molecule has 2 aromatic rings. The van der Waals surface area contributed by atoms with E-state index in [1.54, 1.807) is 26.8 Å². The summed E-state index contributed by atoms with van der Waals surface area (Å²) in [6.45, 7) is 6.87. The van der Waals surface area contributed by atoms with Gasteiger partial charge in [0.2, 0.25) is 23.6 Å². The number of aromatic nitrogens is 2.